The van der Waals surface area contributed by atoms with Crippen molar-refractivity contribution in [2.24, 2.45) is 0 Å². The molecule has 1 unspecified atom stereocenters. The number of nitrogens with one attached hydrogen (secondary N) is 3. The van der Waals surface area contributed by atoms with Gasteiger partial charge in [-0.05, 0) is 71.7 Å². The molecule has 0 saturated heterocycles. The van der Waals surface area contributed by atoms with Gasteiger partial charge in [-0.15, -0.1) is 0 Å². The third-order valence-electron chi connectivity index (χ3n) is 5.99. The number of rotatable bonds is 10. The lowest BCUT2D eigenvalue weighted by atomic mass is 9.95. The summed E-state index contributed by atoms with van der Waals surface area (Å²) < 4.78 is 0. The normalized spacial score (nSPS) is 12.0. The zero-order valence-electron chi connectivity index (χ0n) is 19.4. The summed E-state index contributed by atoms with van der Waals surface area (Å²) in [4.78, 5) is 26.4. The van der Waals surface area contributed by atoms with Crippen molar-refractivity contribution in [3.63, 3.8) is 0 Å². The van der Waals surface area contributed by atoms with Crippen LogP contribution in [0.3, 0.4) is 0 Å². The van der Waals surface area contributed by atoms with E-state index in [9.17, 15) is 9.59 Å². The van der Waals surface area contributed by atoms with Gasteiger partial charge in [-0.1, -0.05) is 51.1 Å². The predicted molar refractivity (Wildman–Crippen MR) is 130 cm³/mol. The fourth-order valence-corrected chi connectivity index (χ4v) is 4.25. The van der Waals surface area contributed by atoms with E-state index in [-0.39, 0.29) is 11.5 Å². The molecule has 7 nitrogen and oxygen atoms in total. The molecule has 0 aliphatic rings. The number of carbonyl (C=O) groups is 2. The number of fused-ring (bicyclic) bond motifs is 1. The molecule has 0 saturated carbocycles. The van der Waals surface area contributed by atoms with Crippen LogP contribution in [0.4, 0.5) is 0 Å². The summed E-state index contributed by atoms with van der Waals surface area (Å²) in [6.45, 7) is 9.04. The molecule has 1 atom stereocenters. The molecule has 2 amide bonds. The fraction of sp³-hybridized carbons (Fsp3) is 0.308. The van der Waals surface area contributed by atoms with Gasteiger partial charge in [0.25, 0.3) is 11.8 Å². The molecule has 7 heteroatoms. The molecule has 3 aromatic rings. The zero-order chi connectivity index (χ0) is 23.8. The Kier molecular flexibility index (Phi) is 8.54. The Bertz CT molecular complexity index is 1090. The molecule has 0 aromatic heterocycles. The molecule has 0 aliphatic heterocycles. The van der Waals surface area contributed by atoms with Crippen LogP contribution in [0.15, 0.2) is 60.7 Å². The number of hydrogen-bond acceptors (Lipinski definition) is 5. The summed E-state index contributed by atoms with van der Waals surface area (Å²) in [5.74, 6) is -0.928. The number of carbonyl (C=O) groups excluding carboxylic acids is 2. The maximum absolute atomic E-state index is 12.5. The number of amides is 2. The van der Waals surface area contributed by atoms with Crippen LogP contribution in [0, 0.1) is 0 Å². The highest BCUT2D eigenvalue weighted by Crippen LogP contribution is 2.29. The van der Waals surface area contributed by atoms with Crippen molar-refractivity contribution in [1.29, 1.82) is 0 Å². The van der Waals surface area contributed by atoms with Gasteiger partial charge >= 0.3 is 0 Å². The van der Waals surface area contributed by atoms with E-state index in [1.165, 1.54) is 35.2 Å². The van der Waals surface area contributed by atoms with Gasteiger partial charge in [0, 0.05) is 23.7 Å². The lowest BCUT2D eigenvalue weighted by Gasteiger charge is -2.30. The molecular weight excluding hydrogens is 416 g/mol. The Hall–Kier alpha value is -3.26. The Balaban J connectivity index is 1.76. The molecule has 0 aliphatic carbocycles. The average Bonchev–Trinajstić information content (AvgIpc) is 2.86. The highest BCUT2D eigenvalue weighted by atomic mass is 16.5. The van der Waals surface area contributed by atoms with Gasteiger partial charge < -0.3 is 0 Å². The molecule has 0 bridgehead atoms. The average molecular weight is 449 g/mol. The van der Waals surface area contributed by atoms with E-state index in [0.717, 1.165) is 30.5 Å². The largest absolute Gasteiger partial charge is 0.297 e. The monoisotopic (exact) mass is 448 g/mol. The van der Waals surface area contributed by atoms with Crippen LogP contribution >= 0.6 is 0 Å². The summed E-state index contributed by atoms with van der Waals surface area (Å²) in [6.07, 6.45) is 1.02. The zero-order valence-corrected chi connectivity index (χ0v) is 19.4. The lowest BCUT2D eigenvalue weighted by Crippen LogP contribution is -2.37. The number of hydroxylamine groups is 1. The fourth-order valence-electron chi connectivity index (χ4n) is 4.25. The van der Waals surface area contributed by atoms with Gasteiger partial charge in [0.2, 0.25) is 0 Å². The van der Waals surface area contributed by atoms with E-state index in [1.807, 2.05) is 12.1 Å². The van der Waals surface area contributed by atoms with Crippen LogP contribution in [0.25, 0.3) is 10.8 Å². The summed E-state index contributed by atoms with van der Waals surface area (Å²) >= 11 is 0. The quantitative estimate of drug-likeness (QED) is 0.276. The smallest absolute Gasteiger partial charge is 0.274 e. The standard InChI is InChI=1S/C26H32N4O3/c1-4-24(30(5-2)6-3)21-15-20-9-7-8-10-23(20)22(16-21)17-27-28-25(31)18-11-13-19(14-12-18)26(32)29-33/h7-16,24,27,33H,4-6,17H2,1-3H3,(H,28,31)(H,29,32). The summed E-state index contributed by atoms with van der Waals surface area (Å²) in [7, 11) is 0. The minimum atomic E-state index is -0.623. The molecule has 0 fully saturated rings. The Morgan fingerprint density at radius 2 is 1.55 bits per heavy atom. The molecule has 174 valence electrons. The second-order valence-corrected chi connectivity index (χ2v) is 7.87. The predicted octanol–water partition coefficient (Wildman–Crippen LogP) is 4.19. The van der Waals surface area contributed by atoms with Gasteiger partial charge in [0.15, 0.2) is 0 Å². The van der Waals surface area contributed by atoms with Crippen molar-refractivity contribution in [2.75, 3.05) is 13.1 Å². The van der Waals surface area contributed by atoms with Gasteiger partial charge in [-0.2, -0.15) is 0 Å². The van der Waals surface area contributed by atoms with Crippen molar-refractivity contribution >= 4 is 22.6 Å². The first-order valence-corrected chi connectivity index (χ1v) is 11.4. The first kappa shape index (κ1) is 24.4. The molecule has 3 rings (SSSR count). The van der Waals surface area contributed by atoms with Crippen LogP contribution in [0.5, 0.6) is 0 Å². The lowest BCUT2D eigenvalue weighted by molar-refractivity contribution is 0.0706. The van der Waals surface area contributed by atoms with E-state index >= 15 is 0 Å². The Morgan fingerprint density at radius 1 is 0.909 bits per heavy atom. The Morgan fingerprint density at radius 3 is 2.15 bits per heavy atom. The van der Waals surface area contributed by atoms with Crippen molar-refractivity contribution in [3.8, 4) is 0 Å². The summed E-state index contributed by atoms with van der Waals surface area (Å²) in [5.41, 5.74) is 10.4. The van der Waals surface area contributed by atoms with Gasteiger partial charge in [-0.3, -0.25) is 25.1 Å². The van der Waals surface area contributed by atoms with Crippen molar-refractivity contribution < 1.29 is 14.8 Å². The molecule has 0 radical (unpaired) electrons. The maximum atomic E-state index is 12.5. The molecular formula is C26H32N4O3. The number of benzene rings is 3. The third kappa shape index (κ3) is 5.76. The van der Waals surface area contributed by atoms with Gasteiger partial charge in [0.1, 0.15) is 0 Å². The highest BCUT2D eigenvalue weighted by Gasteiger charge is 2.18. The minimum Gasteiger partial charge on any atom is -0.297 e. The molecule has 4 N–H and O–H groups in total. The van der Waals surface area contributed by atoms with Crippen LogP contribution in [-0.2, 0) is 6.54 Å². The van der Waals surface area contributed by atoms with Crippen molar-refractivity contribution in [3.05, 3.63) is 82.9 Å². The van der Waals surface area contributed by atoms with E-state index in [0.29, 0.717) is 18.2 Å². The maximum Gasteiger partial charge on any atom is 0.274 e. The number of hydrogen-bond donors (Lipinski definition) is 4. The number of nitrogens with zero attached hydrogens (tertiary/aromatic N) is 1. The second kappa shape index (κ2) is 11.6. The van der Waals surface area contributed by atoms with E-state index in [1.54, 1.807) is 5.48 Å². The van der Waals surface area contributed by atoms with Crippen LogP contribution in [0.2, 0.25) is 0 Å². The van der Waals surface area contributed by atoms with Crippen molar-refractivity contribution in [2.45, 2.75) is 39.8 Å². The number of hydrazine groups is 1. The Labute approximate surface area is 194 Å². The summed E-state index contributed by atoms with van der Waals surface area (Å²) in [5, 5.41) is 11.0. The SMILES string of the molecule is CCC(c1cc(CNNC(=O)c2ccc(C(=O)NO)cc2)c2ccccc2c1)N(CC)CC. The summed E-state index contributed by atoms with van der Waals surface area (Å²) in [6, 6.07) is 19.2. The first-order chi connectivity index (χ1) is 16.0. The molecule has 0 spiro atoms. The molecule has 33 heavy (non-hydrogen) atoms. The van der Waals surface area contributed by atoms with Gasteiger partial charge in [0.05, 0.1) is 0 Å². The first-order valence-electron chi connectivity index (χ1n) is 11.4. The van der Waals surface area contributed by atoms with E-state index < -0.39 is 5.91 Å². The highest BCUT2D eigenvalue weighted by molar-refractivity contribution is 5.97. The third-order valence-corrected chi connectivity index (χ3v) is 5.99. The van der Waals surface area contributed by atoms with Gasteiger partial charge in [-0.25, -0.2) is 10.9 Å². The second-order valence-electron chi connectivity index (χ2n) is 7.87. The van der Waals surface area contributed by atoms with Crippen molar-refractivity contribution in [1.82, 2.24) is 21.2 Å². The topological polar surface area (TPSA) is 93.7 Å². The molecule has 3 aromatic carbocycles. The van der Waals surface area contributed by atoms with Crippen LogP contribution in [0.1, 0.15) is 65.1 Å². The van der Waals surface area contributed by atoms with E-state index in [4.69, 9.17) is 5.21 Å². The van der Waals surface area contributed by atoms with Crippen LogP contribution in [-0.4, -0.2) is 35.0 Å². The minimum absolute atomic E-state index is 0.268. The molecule has 0 heterocycles. The van der Waals surface area contributed by atoms with Crippen LogP contribution < -0.4 is 16.3 Å². The van der Waals surface area contributed by atoms with E-state index in [2.05, 4.69) is 60.8 Å².